The van der Waals surface area contributed by atoms with Gasteiger partial charge in [-0.2, -0.15) is 5.10 Å². The molecule has 0 amide bonds. The van der Waals surface area contributed by atoms with Crippen molar-refractivity contribution in [2.45, 2.75) is 13.8 Å². The van der Waals surface area contributed by atoms with Gasteiger partial charge in [0, 0.05) is 16.6 Å². The molecular weight excluding hydrogens is 274 g/mol. The normalized spacial score (nSPS) is 10.9. The highest BCUT2D eigenvalue weighted by molar-refractivity contribution is 7.12. The van der Waals surface area contributed by atoms with Gasteiger partial charge < -0.3 is 10.2 Å². The Labute approximate surface area is 119 Å². The quantitative estimate of drug-likeness (QED) is 0.711. The van der Waals surface area contributed by atoms with Crippen LogP contribution in [0.5, 0.6) is 11.5 Å². The molecule has 0 aliphatic carbocycles. The average Bonchev–Trinajstić information content (AvgIpc) is 2.99. The second-order valence-electron chi connectivity index (χ2n) is 4.56. The number of rotatable bonds is 2. The van der Waals surface area contributed by atoms with E-state index in [-0.39, 0.29) is 11.5 Å². The Balaban J connectivity index is 2.01. The number of phenols is 2. The van der Waals surface area contributed by atoms with E-state index in [4.69, 9.17) is 0 Å². The molecule has 2 N–H and O–H groups in total. The van der Waals surface area contributed by atoms with Gasteiger partial charge in [0.2, 0.25) is 5.13 Å². The summed E-state index contributed by atoms with van der Waals surface area (Å²) in [6, 6.07) is 6.66. The van der Waals surface area contributed by atoms with Crippen LogP contribution in [-0.2, 0) is 0 Å². The van der Waals surface area contributed by atoms with Gasteiger partial charge in [0.15, 0.2) is 11.5 Å². The lowest BCUT2D eigenvalue weighted by molar-refractivity contribution is 0.404. The average molecular weight is 287 g/mol. The van der Waals surface area contributed by atoms with Gasteiger partial charge in [0.1, 0.15) is 0 Å². The predicted octanol–water partition coefficient (Wildman–Crippen LogP) is 3.02. The molecule has 0 aliphatic rings. The summed E-state index contributed by atoms with van der Waals surface area (Å²) in [5.74, 6) is -0.286. The molecule has 0 radical (unpaired) electrons. The number of benzene rings is 1. The van der Waals surface area contributed by atoms with E-state index < -0.39 is 0 Å². The van der Waals surface area contributed by atoms with Crippen LogP contribution < -0.4 is 0 Å². The number of nitrogens with zero attached hydrogens (tertiary/aromatic N) is 3. The van der Waals surface area contributed by atoms with E-state index in [2.05, 4.69) is 10.1 Å². The lowest BCUT2D eigenvalue weighted by Gasteiger charge is -2.01. The van der Waals surface area contributed by atoms with Crippen LogP contribution in [0.25, 0.3) is 16.4 Å². The third kappa shape index (κ3) is 2.14. The summed E-state index contributed by atoms with van der Waals surface area (Å²) < 4.78 is 1.80. The molecule has 6 heteroatoms. The molecule has 0 fully saturated rings. The monoisotopic (exact) mass is 287 g/mol. The fourth-order valence-corrected chi connectivity index (χ4v) is 2.84. The second-order valence-corrected chi connectivity index (χ2v) is 5.39. The van der Waals surface area contributed by atoms with Crippen molar-refractivity contribution in [2.75, 3.05) is 0 Å². The lowest BCUT2D eigenvalue weighted by atomic mass is 10.1. The Bertz CT molecular complexity index is 777. The summed E-state index contributed by atoms with van der Waals surface area (Å²) >= 11 is 1.48. The van der Waals surface area contributed by atoms with E-state index in [0.29, 0.717) is 0 Å². The van der Waals surface area contributed by atoms with Crippen molar-refractivity contribution in [3.63, 3.8) is 0 Å². The number of aryl methyl sites for hydroxylation is 2. The molecule has 0 atom stereocenters. The van der Waals surface area contributed by atoms with Gasteiger partial charge in [-0.25, -0.2) is 9.67 Å². The van der Waals surface area contributed by atoms with Crippen molar-refractivity contribution in [1.29, 1.82) is 0 Å². The first-order valence-corrected chi connectivity index (χ1v) is 6.94. The first-order chi connectivity index (χ1) is 9.54. The summed E-state index contributed by atoms with van der Waals surface area (Å²) in [5, 5.41) is 25.9. The van der Waals surface area contributed by atoms with Gasteiger partial charge in [-0.05, 0) is 38.1 Å². The van der Waals surface area contributed by atoms with Gasteiger partial charge in [-0.15, -0.1) is 11.3 Å². The summed E-state index contributed by atoms with van der Waals surface area (Å²) in [4.78, 5) is 4.52. The molecule has 2 heterocycles. The summed E-state index contributed by atoms with van der Waals surface area (Å²) in [6.45, 7) is 3.92. The van der Waals surface area contributed by atoms with Crippen LogP contribution in [0, 0.1) is 13.8 Å². The minimum absolute atomic E-state index is 0.136. The van der Waals surface area contributed by atoms with Crippen molar-refractivity contribution < 1.29 is 10.2 Å². The van der Waals surface area contributed by atoms with Crippen LogP contribution in [-0.4, -0.2) is 25.0 Å². The van der Waals surface area contributed by atoms with Crippen molar-refractivity contribution in [3.8, 4) is 27.9 Å². The zero-order valence-electron chi connectivity index (χ0n) is 11.0. The molecular formula is C14H13N3O2S. The van der Waals surface area contributed by atoms with Crippen molar-refractivity contribution in [2.24, 2.45) is 0 Å². The summed E-state index contributed by atoms with van der Waals surface area (Å²) in [5.41, 5.74) is 3.47. The maximum absolute atomic E-state index is 9.54. The maximum Gasteiger partial charge on any atom is 0.211 e. The van der Waals surface area contributed by atoms with Crippen LogP contribution in [0.15, 0.2) is 29.6 Å². The molecule has 0 saturated heterocycles. The molecule has 0 aliphatic heterocycles. The minimum atomic E-state index is -0.150. The highest BCUT2D eigenvalue weighted by Crippen LogP contribution is 2.31. The Morgan fingerprint density at radius 1 is 1.10 bits per heavy atom. The van der Waals surface area contributed by atoms with E-state index >= 15 is 0 Å². The Morgan fingerprint density at radius 2 is 1.90 bits per heavy atom. The van der Waals surface area contributed by atoms with Crippen molar-refractivity contribution in [1.82, 2.24) is 14.8 Å². The lowest BCUT2D eigenvalue weighted by Crippen LogP contribution is -1.98. The Hall–Kier alpha value is -2.34. The fourth-order valence-electron chi connectivity index (χ4n) is 2.00. The first-order valence-electron chi connectivity index (χ1n) is 6.06. The molecule has 1 aromatic carbocycles. The summed E-state index contributed by atoms with van der Waals surface area (Å²) in [7, 11) is 0. The third-order valence-electron chi connectivity index (χ3n) is 2.95. The van der Waals surface area contributed by atoms with Crippen LogP contribution in [0.3, 0.4) is 0 Å². The zero-order chi connectivity index (χ0) is 14.3. The molecule has 0 saturated carbocycles. The molecule has 2 aromatic heterocycles. The fraction of sp³-hybridized carbons (Fsp3) is 0.143. The van der Waals surface area contributed by atoms with Gasteiger partial charge in [-0.3, -0.25) is 0 Å². The van der Waals surface area contributed by atoms with E-state index in [1.165, 1.54) is 23.5 Å². The van der Waals surface area contributed by atoms with E-state index in [1.807, 2.05) is 25.3 Å². The third-order valence-corrected chi connectivity index (χ3v) is 3.77. The predicted molar refractivity (Wildman–Crippen MR) is 77.5 cm³/mol. The van der Waals surface area contributed by atoms with Gasteiger partial charge in [0.05, 0.1) is 11.4 Å². The smallest absolute Gasteiger partial charge is 0.211 e. The molecule has 5 nitrogen and oxygen atoms in total. The second kappa shape index (κ2) is 4.64. The van der Waals surface area contributed by atoms with Crippen LogP contribution in [0.2, 0.25) is 0 Å². The largest absolute Gasteiger partial charge is 0.504 e. The van der Waals surface area contributed by atoms with E-state index in [0.717, 1.165) is 27.8 Å². The molecule has 0 unspecified atom stereocenters. The minimum Gasteiger partial charge on any atom is -0.504 e. The molecule has 3 aromatic rings. The summed E-state index contributed by atoms with van der Waals surface area (Å²) in [6.07, 6.45) is 0. The standard InChI is InChI=1S/C14H13N3O2S/c1-8-5-9(2)17(16-8)14-15-11(7-20-14)10-3-4-12(18)13(19)6-10/h3-7,18-19H,1-2H3. The van der Waals surface area contributed by atoms with Crippen molar-refractivity contribution >= 4 is 11.3 Å². The van der Waals surface area contributed by atoms with Gasteiger partial charge in [-0.1, -0.05) is 0 Å². The number of phenolic OH excluding ortho intramolecular Hbond substituents is 2. The zero-order valence-corrected chi connectivity index (χ0v) is 11.8. The highest BCUT2D eigenvalue weighted by Gasteiger charge is 2.11. The van der Waals surface area contributed by atoms with Crippen molar-refractivity contribution in [3.05, 3.63) is 41.0 Å². The van der Waals surface area contributed by atoms with Crippen LogP contribution in [0.4, 0.5) is 0 Å². The van der Waals surface area contributed by atoms with Crippen LogP contribution >= 0.6 is 11.3 Å². The van der Waals surface area contributed by atoms with E-state index in [9.17, 15) is 10.2 Å². The molecule has 0 bridgehead atoms. The number of aromatic hydroxyl groups is 2. The first kappa shape index (κ1) is 12.7. The SMILES string of the molecule is Cc1cc(C)n(-c2nc(-c3ccc(O)c(O)c3)cs2)n1. The number of hydrogen-bond acceptors (Lipinski definition) is 5. The van der Waals surface area contributed by atoms with Crippen LogP contribution in [0.1, 0.15) is 11.4 Å². The van der Waals surface area contributed by atoms with Gasteiger partial charge in [0.25, 0.3) is 0 Å². The van der Waals surface area contributed by atoms with Gasteiger partial charge >= 0.3 is 0 Å². The Morgan fingerprint density at radius 3 is 2.55 bits per heavy atom. The molecule has 0 spiro atoms. The maximum atomic E-state index is 9.54. The highest BCUT2D eigenvalue weighted by atomic mass is 32.1. The number of aromatic nitrogens is 3. The Kier molecular flexibility index (Phi) is 2.94. The molecule has 20 heavy (non-hydrogen) atoms. The topological polar surface area (TPSA) is 71.2 Å². The van der Waals surface area contributed by atoms with E-state index in [1.54, 1.807) is 10.7 Å². The number of hydrogen-bond donors (Lipinski definition) is 2. The number of thiazole rings is 1. The molecule has 102 valence electrons. The molecule has 3 rings (SSSR count).